The normalized spacial score (nSPS) is 11.0. The van der Waals surface area contributed by atoms with E-state index in [2.05, 4.69) is 49.7 Å². The molecule has 0 aliphatic rings. The molecular weight excluding hydrogens is 274 g/mol. The molecule has 0 saturated carbocycles. The zero-order chi connectivity index (χ0) is 16.5. The third-order valence-electron chi connectivity index (χ3n) is 4.03. The van der Waals surface area contributed by atoms with Crippen LogP contribution in [-0.4, -0.2) is 49.6 Å². The van der Waals surface area contributed by atoms with Crippen LogP contribution in [0.15, 0.2) is 24.3 Å². The van der Waals surface area contributed by atoms with Crippen molar-refractivity contribution in [2.75, 3.05) is 37.6 Å². The summed E-state index contributed by atoms with van der Waals surface area (Å²) in [5.41, 5.74) is 1.89. The molecule has 0 atom stereocenters. The van der Waals surface area contributed by atoms with Crippen LogP contribution < -0.4 is 10.2 Å². The maximum absolute atomic E-state index is 12.1. The summed E-state index contributed by atoms with van der Waals surface area (Å²) >= 11 is 0. The van der Waals surface area contributed by atoms with E-state index in [1.54, 1.807) is 0 Å². The molecule has 0 radical (unpaired) electrons. The van der Waals surface area contributed by atoms with Gasteiger partial charge in [0.1, 0.15) is 0 Å². The molecule has 1 rings (SSSR count). The number of rotatable bonds is 9. The first-order chi connectivity index (χ1) is 10.5. The van der Waals surface area contributed by atoms with Crippen LogP contribution in [0.5, 0.6) is 0 Å². The molecule has 0 aliphatic heterocycles. The van der Waals surface area contributed by atoms with Crippen LogP contribution in [0.4, 0.5) is 5.69 Å². The number of nitrogens with one attached hydrogen (secondary N) is 1. The van der Waals surface area contributed by atoms with Gasteiger partial charge in [-0.1, -0.05) is 13.8 Å². The Hall–Kier alpha value is -1.55. The van der Waals surface area contributed by atoms with Gasteiger partial charge in [-0.2, -0.15) is 0 Å². The number of likely N-dealkylation sites (N-methyl/N-ethyl adjacent to an activating group) is 1. The maximum atomic E-state index is 12.1. The van der Waals surface area contributed by atoms with Crippen molar-refractivity contribution < 1.29 is 4.79 Å². The summed E-state index contributed by atoms with van der Waals surface area (Å²) in [7, 11) is 0. The van der Waals surface area contributed by atoms with Crippen LogP contribution in [0.3, 0.4) is 0 Å². The van der Waals surface area contributed by atoms with Crippen LogP contribution in [-0.2, 0) is 0 Å². The molecule has 1 amide bonds. The van der Waals surface area contributed by atoms with Gasteiger partial charge < -0.3 is 15.1 Å². The smallest absolute Gasteiger partial charge is 0.251 e. The van der Waals surface area contributed by atoms with Crippen molar-refractivity contribution in [1.82, 2.24) is 10.2 Å². The van der Waals surface area contributed by atoms with Gasteiger partial charge in [-0.25, -0.2) is 0 Å². The van der Waals surface area contributed by atoms with Crippen LogP contribution >= 0.6 is 0 Å². The second-order valence-corrected chi connectivity index (χ2v) is 5.71. The van der Waals surface area contributed by atoms with Crippen molar-refractivity contribution in [3.05, 3.63) is 29.8 Å². The minimum atomic E-state index is 0.00583. The van der Waals surface area contributed by atoms with E-state index in [1.165, 1.54) is 0 Å². The molecule has 0 fully saturated rings. The van der Waals surface area contributed by atoms with Crippen LogP contribution in [0.25, 0.3) is 0 Å². The molecule has 0 bridgehead atoms. The average molecular weight is 305 g/mol. The highest BCUT2D eigenvalue weighted by Gasteiger charge is 2.10. The Morgan fingerprint density at radius 1 is 1.05 bits per heavy atom. The molecule has 4 heteroatoms. The zero-order valence-electron chi connectivity index (χ0n) is 14.7. The fourth-order valence-corrected chi connectivity index (χ4v) is 2.62. The molecule has 124 valence electrons. The van der Waals surface area contributed by atoms with E-state index in [0.717, 1.165) is 37.4 Å². The molecule has 1 N–H and O–H groups in total. The molecule has 1 aromatic carbocycles. The van der Waals surface area contributed by atoms with Crippen molar-refractivity contribution in [1.29, 1.82) is 0 Å². The van der Waals surface area contributed by atoms with Gasteiger partial charge in [0.05, 0.1) is 0 Å². The molecule has 1 aromatic rings. The largest absolute Gasteiger partial charge is 0.369 e. The van der Waals surface area contributed by atoms with E-state index < -0.39 is 0 Å². The standard InChI is InChI=1S/C18H31N3O/c1-6-20(7-2)14-13-19-18(22)16-9-11-17(12-10-16)21(8-3)15(4)5/h9-12,15H,6-8,13-14H2,1-5H3,(H,19,22). The predicted molar refractivity (Wildman–Crippen MR) is 94.7 cm³/mol. The molecule has 0 saturated heterocycles. The number of amides is 1. The third-order valence-corrected chi connectivity index (χ3v) is 4.03. The Morgan fingerprint density at radius 3 is 2.09 bits per heavy atom. The maximum Gasteiger partial charge on any atom is 0.251 e. The van der Waals surface area contributed by atoms with Crippen molar-refractivity contribution in [2.45, 2.75) is 40.7 Å². The fraction of sp³-hybridized carbons (Fsp3) is 0.611. The van der Waals surface area contributed by atoms with E-state index in [1.807, 2.05) is 24.3 Å². The van der Waals surface area contributed by atoms with Crippen LogP contribution in [0, 0.1) is 0 Å². The van der Waals surface area contributed by atoms with Gasteiger partial charge in [-0.15, -0.1) is 0 Å². The van der Waals surface area contributed by atoms with Crippen molar-refractivity contribution in [3.63, 3.8) is 0 Å². The minimum Gasteiger partial charge on any atom is -0.369 e. The Kier molecular flexibility index (Phi) is 7.96. The second kappa shape index (κ2) is 9.46. The summed E-state index contributed by atoms with van der Waals surface area (Å²) in [4.78, 5) is 16.7. The average Bonchev–Trinajstić information content (AvgIpc) is 2.52. The van der Waals surface area contributed by atoms with Crippen molar-refractivity contribution in [3.8, 4) is 0 Å². The lowest BCUT2D eigenvalue weighted by molar-refractivity contribution is 0.0949. The number of hydrogen-bond acceptors (Lipinski definition) is 3. The summed E-state index contributed by atoms with van der Waals surface area (Å²) in [6, 6.07) is 8.34. The highest BCUT2D eigenvalue weighted by atomic mass is 16.1. The summed E-state index contributed by atoms with van der Waals surface area (Å²) in [5.74, 6) is 0.00583. The SMILES string of the molecule is CCN(CC)CCNC(=O)c1ccc(N(CC)C(C)C)cc1. The minimum absolute atomic E-state index is 0.00583. The van der Waals surface area contributed by atoms with Crippen LogP contribution in [0.1, 0.15) is 45.0 Å². The van der Waals surface area contributed by atoms with E-state index in [-0.39, 0.29) is 5.91 Å². The summed E-state index contributed by atoms with van der Waals surface area (Å²) < 4.78 is 0. The van der Waals surface area contributed by atoms with Gasteiger partial charge in [-0.05, 0) is 58.1 Å². The number of benzene rings is 1. The fourth-order valence-electron chi connectivity index (χ4n) is 2.62. The van der Waals surface area contributed by atoms with Crippen LogP contribution in [0.2, 0.25) is 0 Å². The zero-order valence-corrected chi connectivity index (χ0v) is 14.7. The number of carbonyl (C=O) groups is 1. The monoisotopic (exact) mass is 305 g/mol. The lowest BCUT2D eigenvalue weighted by Crippen LogP contribution is -2.34. The molecule has 4 nitrogen and oxygen atoms in total. The van der Waals surface area contributed by atoms with Gasteiger partial charge in [0.2, 0.25) is 0 Å². The Balaban J connectivity index is 2.57. The van der Waals surface area contributed by atoms with Gasteiger partial charge in [-0.3, -0.25) is 4.79 Å². The van der Waals surface area contributed by atoms with E-state index in [4.69, 9.17) is 0 Å². The van der Waals surface area contributed by atoms with E-state index >= 15 is 0 Å². The Morgan fingerprint density at radius 2 is 1.64 bits per heavy atom. The molecule has 22 heavy (non-hydrogen) atoms. The molecule has 0 aromatic heterocycles. The third kappa shape index (κ3) is 5.34. The molecule has 0 spiro atoms. The number of anilines is 1. The molecule has 0 aliphatic carbocycles. The number of hydrogen-bond donors (Lipinski definition) is 1. The van der Waals surface area contributed by atoms with Gasteiger partial charge >= 0.3 is 0 Å². The topological polar surface area (TPSA) is 35.6 Å². The molecular formula is C18H31N3O. The van der Waals surface area contributed by atoms with E-state index in [9.17, 15) is 4.79 Å². The van der Waals surface area contributed by atoms with Crippen molar-refractivity contribution in [2.24, 2.45) is 0 Å². The summed E-state index contributed by atoms with van der Waals surface area (Å²) in [6.45, 7) is 15.4. The lowest BCUT2D eigenvalue weighted by Gasteiger charge is -2.27. The molecule has 0 heterocycles. The first kappa shape index (κ1) is 18.5. The Labute approximate surface area is 135 Å². The first-order valence-corrected chi connectivity index (χ1v) is 8.40. The van der Waals surface area contributed by atoms with Gasteiger partial charge in [0.15, 0.2) is 0 Å². The molecule has 0 unspecified atom stereocenters. The van der Waals surface area contributed by atoms with E-state index in [0.29, 0.717) is 12.6 Å². The second-order valence-electron chi connectivity index (χ2n) is 5.71. The summed E-state index contributed by atoms with van der Waals surface area (Å²) in [6.07, 6.45) is 0. The van der Waals surface area contributed by atoms with Gasteiger partial charge in [0.25, 0.3) is 5.91 Å². The number of carbonyl (C=O) groups excluding carboxylic acids is 1. The van der Waals surface area contributed by atoms with Gasteiger partial charge in [0, 0.05) is 36.9 Å². The summed E-state index contributed by atoms with van der Waals surface area (Å²) in [5, 5.41) is 2.99. The Bertz CT molecular complexity index is 438. The number of nitrogens with zero attached hydrogens (tertiary/aromatic N) is 2. The quantitative estimate of drug-likeness (QED) is 0.762. The van der Waals surface area contributed by atoms with Crippen molar-refractivity contribution >= 4 is 11.6 Å². The highest BCUT2D eigenvalue weighted by molar-refractivity contribution is 5.94. The first-order valence-electron chi connectivity index (χ1n) is 8.40. The lowest BCUT2D eigenvalue weighted by atomic mass is 10.1. The highest BCUT2D eigenvalue weighted by Crippen LogP contribution is 2.17. The predicted octanol–water partition coefficient (Wildman–Crippen LogP) is 2.99.